The van der Waals surface area contributed by atoms with E-state index in [0.29, 0.717) is 5.82 Å². The summed E-state index contributed by atoms with van der Waals surface area (Å²) in [6.45, 7) is 6.25. The van der Waals surface area contributed by atoms with Crippen molar-refractivity contribution in [3.05, 3.63) is 77.4 Å². The zero-order valence-corrected chi connectivity index (χ0v) is 14.6. The lowest BCUT2D eigenvalue weighted by atomic mass is 10.00. The zero-order chi connectivity index (χ0) is 16.8. The third-order valence-corrected chi connectivity index (χ3v) is 3.81. The summed E-state index contributed by atoms with van der Waals surface area (Å²) in [5.41, 5.74) is 11.5. The molecule has 0 aliphatic carbocycles. The first kappa shape index (κ1) is 17.1. The summed E-state index contributed by atoms with van der Waals surface area (Å²) in [5, 5.41) is 0. The van der Waals surface area contributed by atoms with Crippen LogP contribution in [0.15, 0.2) is 65.6 Å². The van der Waals surface area contributed by atoms with Crippen LogP contribution in [0.25, 0.3) is 11.3 Å². The van der Waals surface area contributed by atoms with E-state index in [4.69, 9.17) is 5.73 Å². The molecule has 3 heteroatoms. The Hall–Kier alpha value is -2.26. The van der Waals surface area contributed by atoms with Gasteiger partial charge in [-0.15, -0.1) is 12.6 Å². The number of nitrogens with zero attached hydrogens (tertiary/aromatic N) is 1. The fraction of sp³-hybridized carbons (Fsp3) is 0.150. The Morgan fingerprint density at radius 3 is 2.09 bits per heavy atom. The Kier molecular flexibility index (Phi) is 5.83. The van der Waals surface area contributed by atoms with Crippen LogP contribution in [0.5, 0.6) is 0 Å². The maximum atomic E-state index is 5.73. The number of hydrogen-bond acceptors (Lipinski definition) is 3. The van der Waals surface area contributed by atoms with Gasteiger partial charge in [-0.05, 0) is 50.1 Å². The standard InChI is InChI=1S/C14H16N2.C6H6S/c1-9-4-6-12(11(3)8-9)14-10(2)5-7-13(15)16-14;7-6-4-2-1-3-5-6/h4-8H,1-3H3,(H2,15,16);1-5,7H. The van der Waals surface area contributed by atoms with Crippen LogP contribution in [-0.4, -0.2) is 4.98 Å². The molecule has 0 fully saturated rings. The number of pyridine rings is 1. The van der Waals surface area contributed by atoms with Crippen molar-refractivity contribution in [3.8, 4) is 11.3 Å². The lowest BCUT2D eigenvalue weighted by molar-refractivity contribution is 1.26. The van der Waals surface area contributed by atoms with E-state index >= 15 is 0 Å². The highest BCUT2D eigenvalue weighted by atomic mass is 32.1. The van der Waals surface area contributed by atoms with Crippen LogP contribution in [-0.2, 0) is 0 Å². The van der Waals surface area contributed by atoms with E-state index in [1.165, 1.54) is 11.1 Å². The largest absolute Gasteiger partial charge is 0.384 e. The smallest absolute Gasteiger partial charge is 0.124 e. The molecule has 0 aliphatic heterocycles. The van der Waals surface area contributed by atoms with E-state index in [1.54, 1.807) is 0 Å². The minimum Gasteiger partial charge on any atom is -0.384 e. The number of thiol groups is 1. The molecule has 0 radical (unpaired) electrons. The number of nitrogens with two attached hydrogens (primary N) is 1. The number of nitrogen functional groups attached to an aromatic ring is 1. The van der Waals surface area contributed by atoms with E-state index in [2.05, 4.69) is 56.6 Å². The third kappa shape index (κ3) is 4.86. The lowest BCUT2D eigenvalue weighted by Crippen LogP contribution is -1.96. The minimum absolute atomic E-state index is 0.570. The van der Waals surface area contributed by atoms with Crippen molar-refractivity contribution in [2.24, 2.45) is 0 Å². The molecule has 0 spiro atoms. The summed E-state index contributed by atoms with van der Waals surface area (Å²) in [6, 6.07) is 20.0. The molecular formula is C20H22N2S. The van der Waals surface area contributed by atoms with Gasteiger partial charge in [-0.3, -0.25) is 0 Å². The Labute approximate surface area is 143 Å². The van der Waals surface area contributed by atoms with Crippen LogP contribution in [0.4, 0.5) is 5.82 Å². The van der Waals surface area contributed by atoms with Crippen molar-refractivity contribution < 1.29 is 0 Å². The average molecular weight is 322 g/mol. The molecule has 118 valence electrons. The van der Waals surface area contributed by atoms with Crippen molar-refractivity contribution in [1.82, 2.24) is 4.98 Å². The number of aryl methyl sites for hydroxylation is 3. The number of anilines is 1. The highest BCUT2D eigenvalue weighted by Crippen LogP contribution is 2.26. The van der Waals surface area contributed by atoms with Gasteiger partial charge in [0.05, 0.1) is 5.69 Å². The van der Waals surface area contributed by atoms with Gasteiger partial charge in [0.2, 0.25) is 0 Å². The van der Waals surface area contributed by atoms with Gasteiger partial charge in [0, 0.05) is 10.5 Å². The van der Waals surface area contributed by atoms with Gasteiger partial charge in [-0.25, -0.2) is 4.98 Å². The second kappa shape index (κ2) is 7.84. The predicted octanol–water partition coefficient (Wildman–Crippen LogP) is 5.23. The Balaban J connectivity index is 0.000000229. The summed E-state index contributed by atoms with van der Waals surface area (Å²) < 4.78 is 0. The maximum Gasteiger partial charge on any atom is 0.124 e. The third-order valence-electron chi connectivity index (χ3n) is 3.51. The van der Waals surface area contributed by atoms with Crippen molar-refractivity contribution in [3.63, 3.8) is 0 Å². The molecule has 2 aromatic carbocycles. The number of hydrogen-bond donors (Lipinski definition) is 2. The first-order valence-electron chi connectivity index (χ1n) is 7.52. The molecule has 23 heavy (non-hydrogen) atoms. The van der Waals surface area contributed by atoms with Crippen LogP contribution >= 0.6 is 12.6 Å². The molecular weight excluding hydrogens is 300 g/mol. The second-order valence-corrected chi connectivity index (χ2v) is 6.07. The monoisotopic (exact) mass is 322 g/mol. The molecule has 0 atom stereocenters. The molecule has 0 bridgehead atoms. The van der Waals surface area contributed by atoms with Gasteiger partial charge in [0.15, 0.2) is 0 Å². The van der Waals surface area contributed by atoms with Crippen LogP contribution in [0.3, 0.4) is 0 Å². The fourth-order valence-corrected chi connectivity index (χ4v) is 2.50. The summed E-state index contributed by atoms with van der Waals surface area (Å²) in [7, 11) is 0. The quantitative estimate of drug-likeness (QED) is 0.602. The van der Waals surface area contributed by atoms with Gasteiger partial charge in [-0.2, -0.15) is 0 Å². The Bertz CT molecular complexity index is 783. The normalized spacial score (nSPS) is 9.91. The molecule has 0 amide bonds. The summed E-state index contributed by atoms with van der Waals surface area (Å²) in [6.07, 6.45) is 0. The molecule has 0 unspecified atom stereocenters. The topological polar surface area (TPSA) is 38.9 Å². The zero-order valence-electron chi connectivity index (χ0n) is 13.7. The van der Waals surface area contributed by atoms with Gasteiger partial charge in [0.25, 0.3) is 0 Å². The first-order chi connectivity index (χ1) is 11.0. The fourth-order valence-electron chi connectivity index (χ4n) is 2.32. The van der Waals surface area contributed by atoms with Crippen LogP contribution in [0, 0.1) is 20.8 Å². The molecule has 3 rings (SSSR count). The van der Waals surface area contributed by atoms with Crippen LogP contribution < -0.4 is 5.73 Å². The van der Waals surface area contributed by atoms with Crippen molar-refractivity contribution in [2.45, 2.75) is 25.7 Å². The van der Waals surface area contributed by atoms with Crippen molar-refractivity contribution in [2.75, 3.05) is 5.73 Å². The maximum absolute atomic E-state index is 5.73. The summed E-state index contributed by atoms with van der Waals surface area (Å²) in [4.78, 5) is 5.43. The van der Waals surface area contributed by atoms with E-state index in [0.717, 1.165) is 21.7 Å². The predicted molar refractivity (Wildman–Crippen MR) is 102 cm³/mol. The van der Waals surface area contributed by atoms with Crippen LogP contribution in [0.1, 0.15) is 16.7 Å². The number of rotatable bonds is 1. The second-order valence-electron chi connectivity index (χ2n) is 5.56. The average Bonchev–Trinajstić information content (AvgIpc) is 2.52. The first-order valence-corrected chi connectivity index (χ1v) is 7.97. The van der Waals surface area contributed by atoms with Gasteiger partial charge < -0.3 is 5.73 Å². The SMILES string of the molecule is Cc1ccc(-c2nc(N)ccc2C)c(C)c1.Sc1ccccc1. The van der Waals surface area contributed by atoms with Gasteiger partial charge in [-0.1, -0.05) is 48.0 Å². The molecule has 3 aromatic rings. The number of benzene rings is 2. The van der Waals surface area contributed by atoms with E-state index in [1.807, 2.05) is 42.5 Å². The lowest BCUT2D eigenvalue weighted by Gasteiger charge is -2.09. The Morgan fingerprint density at radius 2 is 1.52 bits per heavy atom. The Morgan fingerprint density at radius 1 is 0.826 bits per heavy atom. The molecule has 2 N–H and O–H groups in total. The van der Waals surface area contributed by atoms with Gasteiger partial charge >= 0.3 is 0 Å². The van der Waals surface area contributed by atoms with E-state index < -0.39 is 0 Å². The molecule has 1 aromatic heterocycles. The van der Waals surface area contributed by atoms with Crippen molar-refractivity contribution in [1.29, 1.82) is 0 Å². The number of aromatic nitrogens is 1. The highest BCUT2D eigenvalue weighted by molar-refractivity contribution is 7.80. The van der Waals surface area contributed by atoms with E-state index in [-0.39, 0.29) is 0 Å². The molecule has 0 saturated heterocycles. The molecule has 0 aliphatic rings. The van der Waals surface area contributed by atoms with Gasteiger partial charge in [0.1, 0.15) is 5.82 Å². The van der Waals surface area contributed by atoms with Crippen molar-refractivity contribution >= 4 is 18.4 Å². The molecule has 0 saturated carbocycles. The van der Waals surface area contributed by atoms with Crippen LogP contribution in [0.2, 0.25) is 0 Å². The minimum atomic E-state index is 0.570. The molecule has 1 heterocycles. The summed E-state index contributed by atoms with van der Waals surface area (Å²) >= 11 is 4.08. The highest BCUT2D eigenvalue weighted by Gasteiger charge is 2.07. The van der Waals surface area contributed by atoms with E-state index in [9.17, 15) is 0 Å². The molecule has 2 nitrogen and oxygen atoms in total. The summed E-state index contributed by atoms with van der Waals surface area (Å²) in [5.74, 6) is 0.570.